The maximum Gasteiger partial charge on any atom is 0.185 e. The van der Waals surface area contributed by atoms with Gasteiger partial charge in [0.05, 0.1) is 11.7 Å². The lowest BCUT2D eigenvalue weighted by Gasteiger charge is -2.38. The predicted molar refractivity (Wildman–Crippen MR) is 111 cm³/mol. The summed E-state index contributed by atoms with van der Waals surface area (Å²) in [6, 6.07) is 11.7. The van der Waals surface area contributed by atoms with E-state index in [1.807, 2.05) is 0 Å². The van der Waals surface area contributed by atoms with Gasteiger partial charge in [0.1, 0.15) is 0 Å². The van der Waals surface area contributed by atoms with Crippen LogP contribution in [0.3, 0.4) is 0 Å². The molecule has 0 bridgehead atoms. The van der Waals surface area contributed by atoms with Crippen molar-refractivity contribution in [1.82, 2.24) is 10.7 Å². The maximum atomic E-state index is 5.67. The topological polar surface area (TPSA) is 27.3 Å². The Hall–Kier alpha value is -1.29. The van der Waals surface area contributed by atoms with Crippen LogP contribution in [0, 0.1) is 5.92 Å². The SMILES string of the molecule is CCC1CCC(NC(=S)NN(c2ccccc2)C2CCCCC2)CC1. The molecule has 0 amide bonds. The Kier molecular flexibility index (Phi) is 6.97. The molecule has 0 aromatic heterocycles. The Bertz CT molecular complexity index is 519. The predicted octanol–water partition coefficient (Wildman–Crippen LogP) is 5.17. The number of nitrogens with one attached hydrogen (secondary N) is 2. The van der Waals surface area contributed by atoms with Crippen LogP contribution in [0.2, 0.25) is 0 Å². The van der Waals surface area contributed by atoms with Crippen LogP contribution in [0.4, 0.5) is 5.69 Å². The molecule has 3 nitrogen and oxygen atoms in total. The number of anilines is 1. The van der Waals surface area contributed by atoms with E-state index in [0.29, 0.717) is 12.1 Å². The van der Waals surface area contributed by atoms with Crippen molar-refractivity contribution in [3.8, 4) is 0 Å². The lowest BCUT2D eigenvalue weighted by atomic mass is 9.85. The van der Waals surface area contributed by atoms with E-state index in [1.54, 1.807) is 0 Å². The molecular weight excluding hydrogens is 326 g/mol. The van der Waals surface area contributed by atoms with Gasteiger partial charge in [0.25, 0.3) is 0 Å². The Morgan fingerprint density at radius 2 is 1.68 bits per heavy atom. The molecule has 0 radical (unpaired) electrons. The van der Waals surface area contributed by atoms with E-state index in [1.165, 1.54) is 69.9 Å². The van der Waals surface area contributed by atoms with E-state index < -0.39 is 0 Å². The number of para-hydroxylation sites is 1. The summed E-state index contributed by atoms with van der Waals surface area (Å²) in [6.07, 6.45) is 13.0. The third kappa shape index (κ3) is 5.34. The third-order valence-electron chi connectivity index (χ3n) is 5.96. The van der Waals surface area contributed by atoms with Gasteiger partial charge in [-0.2, -0.15) is 0 Å². The van der Waals surface area contributed by atoms with Crippen LogP contribution in [0.1, 0.15) is 71.1 Å². The Morgan fingerprint density at radius 3 is 2.32 bits per heavy atom. The average Bonchev–Trinajstić information content (AvgIpc) is 2.68. The van der Waals surface area contributed by atoms with Gasteiger partial charge >= 0.3 is 0 Å². The van der Waals surface area contributed by atoms with Gasteiger partial charge in [0, 0.05) is 6.04 Å². The van der Waals surface area contributed by atoms with Crippen molar-refractivity contribution >= 4 is 23.0 Å². The quantitative estimate of drug-likeness (QED) is 0.560. The minimum absolute atomic E-state index is 0.534. The molecule has 25 heavy (non-hydrogen) atoms. The normalized spacial score (nSPS) is 24.5. The number of hydrogen-bond acceptors (Lipinski definition) is 2. The van der Waals surface area contributed by atoms with Crippen LogP contribution in [-0.2, 0) is 0 Å². The Balaban J connectivity index is 1.58. The van der Waals surface area contributed by atoms with Crippen LogP contribution in [0.15, 0.2) is 30.3 Å². The summed E-state index contributed by atoms with van der Waals surface area (Å²) < 4.78 is 0. The van der Waals surface area contributed by atoms with Crippen molar-refractivity contribution in [2.24, 2.45) is 5.92 Å². The van der Waals surface area contributed by atoms with Crippen molar-refractivity contribution < 1.29 is 0 Å². The van der Waals surface area contributed by atoms with Gasteiger partial charge < -0.3 is 5.32 Å². The fourth-order valence-corrected chi connectivity index (χ4v) is 4.60. The van der Waals surface area contributed by atoms with E-state index >= 15 is 0 Å². The van der Waals surface area contributed by atoms with Gasteiger partial charge in [-0.1, -0.05) is 50.8 Å². The standard InChI is InChI=1S/C21H33N3S/c1-2-17-13-15-18(16-14-17)22-21(25)23-24(19-9-5-3-6-10-19)20-11-7-4-8-12-20/h3,5-6,9-10,17-18,20H,2,4,7-8,11-16H2,1H3,(H2,22,23,25). The van der Waals surface area contributed by atoms with Crippen molar-refractivity contribution in [2.45, 2.75) is 83.2 Å². The van der Waals surface area contributed by atoms with Gasteiger partial charge in [-0.25, -0.2) is 0 Å². The molecule has 138 valence electrons. The van der Waals surface area contributed by atoms with Crippen molar-refractivity contribution in [2.75, 3.05) is 5.01 Å². The second kappa shape index (κ2) is 9.42. The van der Waals surface area contributed by atoms with E-state index in [4.69, 9.17) is 12.2 Å². The van der Waals surface area contributed by atoms with E-state index in [-0.39, 0.29) is 0 Å². The highest BCUT2D eigenvalue weighted by atomic mass is 32.1. The number of hydrogen-bond donors (Lipinski definition) is 2. The molecule has 0 heterocycles. The van der Waals surface area contributed by atoms with Crippen LogP contribution >= 0.6 is 12.2 Å². The van der Waals surface area contributed by atoms with Gasteiger partial charge in [0.15, 0.2) is 5.11 Å². The van der Waals surface area contributed by atoms with Crippen molar-refractivity contribution in [3.05, 3.63) is 30.3 Å². The monoisotopic (exact) mass is 359 g/mol. The van der Waals surface area contributed by atoms with E-state index in [0.717, 1.165) is 11.0 Å². The highest BCUT2D eigenvalue weighted by molar-refractivity contribution is 7.80. The summed E-state index contributed by atoms with van der Waals surface area (Å²) in [5.74, 6) is 0.919. The second-order valence-corrected chi connectivity index (χ2v) is 8.12. The fourth-order valence-electron chi connectivity index (χ4n) is 4.34. The lowest BCUT2D eigenvalue weighted by molar-refractivity contribution is 0.304. The fraction of sp³-hybridized carbons (Fsp3) is 0.667. The molecule has 4 heteroatoms. The highest BCUT2D eigenvalue weighted by Gasteiger charge is 2.24. The minimum atomic E-state index is 0.534. The van der Waals surface area contributed by atoms with Gasteiger partial charge in [-0.3, -0.25) is 10.4 Å². The molecule has 1 aromatic carbocycles. The molecule has 0 unspecified atom stereocenters. The molecule has 1 aromatic rings. The Morgan fingerprint density at radius 1 is 1.00 bits per heavy atom. The van der Waals surface area contributed by atoms with Gasteiger partial charge in [-0.15, -0.1) is 0 Å². The highest BCUT2D eigenvalue weighted by Crippen LogP contribution is 2.27. The first kappa shape index (κ1) is 18.5. The van der Waals surface area contributed by atoms with Crippen LogP contribution < -0.4 is 15.8 Å². The number of hydrazine groups is 1. The molecule has 0 saturated heterocycles. The number of benzene rings is 1. The first-order valence-corrected chi connectivity index (χ1v) is 10.6. The third-order valence-corrected chi connectivity index (χ3v) is 6.16. The molecule has 2 aliphatic carbocycles. The lowest BCUT2D eigenvalue weighted by Crippen LogP contribution is -2.54. The number of rotatable bonds is 5. The zero-order valence-electron chi connectivity index (χ0n) is 15.5. The second-order valence-electron chi connectivity index (χ2n) is 7.71. The van der Waals surface area contributed by atoms with Crippen LogP contribution in [0.5, 0.6) is 0 Å². The molecular formula is C21H33N3S. The molecule has 2 aliphatic rings. The zero-order valence-corrected chi connectivity index (χ0v) is 16.4. The molecule has 0 atom stereocenters. The molecule has 2 saturated carbocycles. The first-order chi connectivity index (χ1) is 12.3. The maximum absolute atomic E-state index is 5.67. The largest absolute Gasteiger partial charge is 0.359 e. The summed E-state index contributed by atoms with van der Waals surface area (Å²) in [7, 11) is 0. The first-order valence-electron chi connectivity index (χ1n) is 10.2. The summed E-state index contributed by atoms with van der Waals surface area (Å²) in [5, 5.41) is 6.68. The summed E-state index contributed by atoms with van der Waals surface area (Å²) >= 11 is 5.67. The minimum Gasteiger partial charge on any atom is -0.359 e. The van der Waals surface area contributed by atoms with Crippen molar-refractivity contribution in [3.63, 3.8) is 0 Å². The summed E-state index contributed by atoms with van der Waals surface area (Å²) in [6.45, 7) is 2.31. The zero-order chi connectivity index (χ0) is 17.5. The molecule has 0 aliphatic heterocycles. The molecule has 3 rings (SSSR count). The Labute approximate surface area is 158 Å². The smallest absolute Gasteiger partial charge is 0.185 e. The number of nitrogens with zero attached hydrogens (tertiary/aromatic N) is 1. The molecule has 2 N–H and O–H groups in total. The average molecular weight is 360 g/mol. The summed E-state index contributed by atoms with van der Waals surface area (Å²) in [5.41, 5.74) is 4.75. The molecule has 2 fully saturated rings. The van der Waals surface area contributed by atoms with Crippen LogP contribution in [0.25, 0.3) is 0 Å². The van der Waals surface area contributed by atoms with Crippen molar-refractivity contribution in [1.29, 1.82) is 0 Å². The summed E-state index contributed by atoms with van der Waals surface area (Å²) in [4.78, 5) is 0. The van der Waals surface area contributed by atoms with E-state index in [2.05, 4.69) is 53.0 Å². The van der Waals surface area contributed by atoms with Crippen LogP contribution in [-0.4, -0.2) is 17.2 Å². The molecule has 0 spiro atoms. The van der Waals surface area contributed by atoms with E-state index in [9.17, 15) is 0 Å². The van der Waals surface area contributed by atoms with Gasteiger partial charge in [-0.05, 0) is 68.8 Å². The number of thiocarbonyl (C=S) groups is 1. The van der Waals surface area contributed by atoms with Gasteiger partial charge in [0.2, 0.25) is 0 Å².